The van der Waals surface area contributed by atoms with Crippen LogP contribution in [0.2, 0.25) is 0 Å². The van der Waals surface area contributed by atoms with Crippen LogP contribution in [0.4, 0.5) is 0 Å². The fourth-order valence-electron chi connectivity index (χ4n) is 1.35. The molecule has 0 spiro atoms. The number of nitrogens with zero attached hydrogens (tertiary/aromatic N) is 1. The molecule has 0 fully saturated rings. The minimum Gasteiger partial charge on any atom is -0.496 e. The van der Waals surface area contributed by atoms with Crippen molar-refractivity contribution in [1.82, 2.24) is 0 Å². The summed E-state index contributed by atoms with van der Waals surface area (Å²) < 4.78 is 5.18. The highest BCUT2D eigenvalue weighted by Gasteiger charge is 2.11. The van der Waals surface area contributed by atoms with E-state index in [1.807, 2.05) is 25.1 Å². The van der Waals surface area contributed by atoms with E-state index in [9.17, 15) is 0 Å². The predicted molar refractivity (Wildman–Crippen MR) is 54.9 cm³/mol. The zero-order chi connectivity index (χ0) is 10.6. The minimum absolute atomic E-state index is 0.269. The van der Waals surface area contributed by atoms with Crippen LogP contribution in [-0.4, -0.2) is 7.11 Å². The molecule has 1 aromatic carbocycles. The molecule has 0 aromatic heterocycles. The van der Waals surface area contributed by atoms with Crippen molar-refractivity contribution >= 4 is 0 Å². The highest BCUT2D eigenvalue weighted by molar-refractivity contribution is 5.39. The van der Waals surface area contributed by atoms with Crippen molar-refractivity contribution in [2.75, 3.05) is 7.11 Å². The monoisotopic (exact) mass is 190 g/mol. The molecular formula is C11H14N2O. The summed E-state index contributed by atoms with van der Waals surface area (Å²) in [6, 6.07) is 7.58. The van der Waals surface area contributed by atoms with Gasteiger partial charge in [-0.25, -0.2) is 0 Å². The van der Waals surface area contributed by atoms with Gasteiger partial charge in [0.15, 0.2) is 0 Å². The molecule has 0 aliphatic carbocycles. The molecule has 0 saturated carbocycles. The Labute approximate surface area is 84.1 Å². The predicted octanol–water partition coefficient (Wildman–Crippen LogP) is 1.92. The lowest BCUT2D eigenvalue weighted by atomic mass is 10.0. The molecule has 2 N–H and O–H groups in total. The van der Waals surface area contributed by atoms with Gasteiger partial charge in [0.2, 0.25) is 0 Å². The third-order valence-electron chi connectivity index (χ3n) is 2.10. The maximum atomic E-state index is 8.56. The summed E-state index contributed by atoms with van der Waals surface area (Å²) in [6.07, 6.45) is 0.305. The van der Waals surface area contributed by atoms with Crippen LogP contribution in [0.15, 0.2) is 18.2 Å². The number of hydrogen-bond acceptors (Lipinski definition) is 3. The van der Waals surface area contributed by atoms with E-state index in [0.717, 1.165) is 16.9 Å². The van der Waals surface area contributed by atoms with Crippen LogP contribution >= 0.6 is 0 Å². The molecule has 0 radical (unpaired) electrons. The van der Waals surface area contributed by atoms with E-state index < -0.39 is 0 Å². The summed E-state index contributed by atoms with van der Waals surface area (Å²) in [4.78, 5) is 0. The molecule has 1 atom stereocenters. The van der Waals surface area contributed by atoms with E-state index in [2.05, 4.69) is 6.07 Å². The fraction of sp³-hybridized carbons (Fsp3) is 0.364. The first-order valence-corrected chi connectivity index (χ1v) is 4.46. The summed E-state index contributed by atoms with van der Waals surface area (Å²) in [5, 5.41) is 8.56. The Hall–Kier alpha value is -1.53. The maximum absolute atomic E-state index is 8.56. The molecule has 0 aliphatic rings. The quantitative estimate of drug-likeness (QED) is 0.792. The van der Waals surface area contributed by atoms with Crippen LogP contribution in [0.1, 0.15) is 23.6 Å². The van der Waals surface area contributed by atoms with Crippen LogP contribution in [0, 0.1) is 18.3 Å². The number of hydrogen-bond donors (Lipinski definition) is 1. The second-order valence-electron chi connectivity index (χ2n) is 3.21. The average Bonchev–Trinajstić information content (AvgIpc) is 2.18. The van der Waals surface area contributed by atoms with Gasteiger partial charge < -0.3 is 10.5 Å². The molecular weight excluding hydrogens is 176 g/mol. The van der Waals surface area contributed by atoms with Gasteiger partial charge in [0, 0.05) is 11.6 Å². The number of aryl methyl sites for hydroxylation is 1. The van der Waals surface area contributed by atoms with Crippen LogP contribution in [0.5, 0.6) is 5.75 Å². The molecule has 14 heavy (non-hydrogen) atoms. The van der Waals surface area contributed by atoms with Gasteiger partial charge in [0.25, 0.3) is 0 Å². The van der Waals surface area contributed by atoms with Crippen molar-refractivity contribution in [3.05, 3.63) is 29.3 Å². The maximum Gasteiger partial charge on any atom is 0.123 e. The summed E-state index contributed by atoms with van der Waals surface area (Å²) in [5.74, 6) is 0.748. The molecule has 3 heteroatoms. The molecule has 0 saturated heterocycles. The zero-order valence-electron chi connectivity index (χ0n) is 8.45. The normalized spacial score (nSPS) is 11.9. The molecule has 3 nitrogen and oxygen atoms in total. The van der Waals surface area contributed by atoms with Crippen molar-refractivity contribution in [2.24, 2.45) is 5.73 Å². The molecule has 1 aromatic rings. The number of methoxy groups -OCH3 is 1. The van der Waals surface area contributed by atoms with Gasteiger partial charge >= 0.3 is 0 Å². The van der Waals surface area contributed by atoms with E-state index >= 15 is 0 Å². The Morgan fingerprint density at radius 2 is 2.29 bits per heavy atom. The summed E-state index contributed by atoms with van der Waals surface area (Å²) in [7, 11) is 1.60. The Morgan fingerprint density at radius 1 is 1.57 bits per heavy atom. The van der Waals surface area contributed by atoms with E-state index in [-0.39, 0.29) is 6.04 Å². The third-order valence-corrected chi connectivity index (χ3v) is 2.10. The molecule has 0 heterocycles. The average molecular weight is 190 g/mol. The Morgan fingerprint density at radius 3 is 2.86 bits per heavy atom. The lowest BCUT2D eigenvalue weighted by molar-refractivity contribution is 0.406. The van der Waals surface area contributed by atoms with Gasteiger partial charge in [0.05, 0.1) is 19.6 Å². The van der Waals surface area contributed by atoms with Crippen LogP contribution in [0.3, 0.4) is 0 Å². The number of ether oxygens (including phenoxy) is 1. The van der Waals surface area contributed by atoms with Gasteiger partial charge in [-0.3, -0.25) is 0 Å². The van der Waals surface area contributed by atoms with Crippen LogP contribution < -0.4 is 10.5 Å². The Kier molecular flexibility index (Phi) is 3.49. The summed E-state index contributed by atoms with van der Waals surface area (Å²) in [6.45, 7) is 1.99. The first-order valence-electron chi connectivity index (χ1n) is 4.46. The van der Waals surface area contributed by atoms with Crippen molar-refractivity contribution in [2.45, 2.75) is 19.4 Å². The topological polar surface area (TPSA) is 59.0 Å². The number of benzene rings is 1. The minimum atomic E-state index is -0.269. The molecule has 0 amide bonds. The van der Waals surface area contributed by atoms with Crippen molar-refractivity contribution in [1.29, 1.82) is 5.26 Å². The Bertz CT molecular complexity index is 355. The molecule has 0 aliphatic heterocycles. The lowest BCUT2D eigenvalue weighted by Crippen LogP contribution is -2.10. The van der Waals surface area contributed by atoms with Crippen molar-refractivity contribution < 1.29 is 4.74 Å². The molecule has 1 rings (SSSR count). The first kappa shape index (κ1) is 10.6. The van der Waals surface area contributed by atoms with Gasteiger partial charge in [0.1, 0.15) is 5.75 Å². The summed E-state index contributed by atoms with van der Waals surface area (Å²) >= 11 is 0. The molecule has 0 bridgehead atoms. The standard InChI is InChI=1S/C11H14N2O/c1-8-3-4-11(14-2)9(7-8)10(13)5-6-12/h3-4,7,10H,5,13H2,1-2H3/t10-/m1/s1. The second-order valence-corrected chi connectivity index (χ2v) is 3.21. The van der Waals surface area contributed by atoms with Crippen LogP contribution in [-0.2, 0) is 0 Å². The highest BCUT2D eigenvalue weighted by atomic mass is 16.5. The number of nitrogens with two attached hydrogens (primary N) is 1. The zero-order valence-corrected chi connectivity index (χ0v) is 8.45. The SMILES string of the molecule is COc1ccc(C)cc1[C@H](N)CC#N. The van der Waals surface area contributed by atoms with E-state index in [0.29, 0.717) is 6.42 Å². The molecule has 0 unspecified atom stereocenters. The smallest absolute Gasteiger partial charge is 0.123 e. The lowest BCUT2D eigenvalue weighted by Gasteiger charge is -2.13. The number of nitriles is 1. The van der Waals surface area contributed by atoms with Gasteiger partial charge in [-0.2, -0.15) is 5.26 Å². The second kappa shape index (κ2) is 4.64. The largest absolute Gasteiger partial charge is 0.496 e. The van der Waals surface area contributed by atoms with Gasteiger partial charge in [-0.05, 0) is 13.0 Å². The van der Waals surface area contributed by atoms with E-state index in [1.54, 1.807) is 7.11 Å². The van der Waals surface area contributed by atoms with Crippen LogP contribution in [0.25, 0.3) is 0 Å². The number of rotatable bonds is 3. The Balaban J connectivity index is 3.04. The third kappa shape index (κ3) is 2.24. The first-order chi connectivity index (χ1) is 6.69. The fourth-order valence-corrected chi connectivity index (χ4v) is 1.35. The highest BCUT2D eigenvalue weighted by Crippen LogP contribution is 2.26. The van der Waals surface area contributed by atoms with Gasteiger partial charge in [-0.1, -0.05) is 17.7 Å². The van der Waals surface area contributed by atoms with E-state index in [4.69, 9.17) is 15.7 Å². The van der Waals surface area contributed by atoms with Gasteiger partial charge in [-0.15, -0.1) is 0 Å². The van der Waals surface area contributed by atoms with Crippen molar-refractivity contribution in [3.63, 3.8) is 0 Å². The summed E-state index contributed by atoms with van der Waals surface area (Å²) in [5.41, 5.74) is 7.87. The van der Waals surface area contributed by atoms with E-state index in [1.165, 1.54) is 0 Å². The molecule has 74 valence electrons. The van der Waals surface area contributed by atoms with Crippen molar-refractivity contribution in [3.8, 4) is 11.8 Å².